The highest BCUT2D eigenvalue weighted by atomic mass is 16.5. The Bertz CT molecular complexity index is 459. The molecule has 1 aliphatic heterocycles. The first-order valence-electron chi connectivity index (χ1n) is 5.55. The van der Waals surface area contributed by atoms with Crippen LogP contribution in [0.2, 0.25) is 0 Å². The summed E-state index contributed by atoms with van der Waals surface area (Å²) in [4.78, 5) is 35.1. The molecule has 0 unspecified atom stereocenters. The van der Waals surface area contributed by atoms with Gasteiger partial charge in [-0.25, -0.2) is 0 Å². The predicted octanol–water partition coefficient (Wildman–Crippen LogP) is 0.539. The van der Waals surface area contributed by atoms with Crippen LogP contribution >= 0.6 is 0 Å². The molecule has 0 spiro atoms. The summed E-state index contributed by atoms with van der Waals surface area (Å²) in [6.45, 7) is 3.20. The van der Waals surface area contributed by atoms with E-state index in [4.69, 9.17) is 10.00 Å². The van der Waals surface area contributed by atoms with Crippen LogP contribution in [0.4, 0.5) is 0 Å². The van der Waals surface area contributed by atoms with Gasteiger partial charge in [0.1, 0.15) is 11.6 Å². The molecule has 0 aromatic heterocycles. The van der Waals surface area contributed by atoms with Crippen molar-refractivity contribution in [2.75, 3.05) is 13.2 Å². The van der Waals surface area contributed by atoms with Crippen molar-refractivity contribution in [3.63, 3.8) is 0 Å². The molecule has 0 aromatic carbocycles. The van der Waals surface area contributed by atoms with Crippen LogP contribution in [0.1, 0.15) is 26.7 Å². The van der Waals surface area contributed by atoms with Gasteiger partial charge in [0.25, 0.3) is 5.91 Å². The third kappa shape index (κ3) is 3.17. The van der Waals surface area contributed by atoms with E-state index in [1.807, 2.05) is 6.07 Å². The topological polar surface area (TPSA) is 87.5 Å². The van der Waals surface area contributed by atoms with Crippen molar-refractivity contribution in [2.24, 2.45) is 0 Å². The standard InChI is InChI=1S/C12H14N2O4/c1-8-6-11(16)14(12(17)10(8)7-13)4-3-5-18-9(2)15/h3-6H2,1-2H3. The zero-order valence-corrected chi connectivity index (χ0v) is 10.4. The minimum atomic E-state index is -0.561. The van der Waals surface area contributed by atoms with Gasteiger partial charge in [-0.3, -0.25) is 19.3 Å². The molecule has 0 radical (unpaired) electrons. The average molecular weight is 250 g/mol. The van der Waals surface area contributed by atoms with E-state index in [1.165, 1.54) is 6.92 Å². The summed E-state index contributed by atoms with van der Waals surface area (Å²) in [5.74, 6) is -1.28. The van der Waals surface area contributed by atoms with Crippen LogP contribution in [-0.2, 0) is 19.1 Å². The quantitative estimate of drug-likeness (QED) is 0.413. The Morgan fingerprint density at radius 3 is 2.72 bits per heavy atom. The normalized spacial score (nSPS) is 15.7. The van der Waals surface area contributed by atoms with Gasteiger partial charge >= 0.3 is 5.97 Å². The number of amides is 2. The number of hydrogen-bond acceptors (Lipinski definition) is 5. The number of nitriles is 1. The number of hydrogen-bond donors (Lipinski definition) is 0. The predicted molar refractivity (Wildman–Crippen MR) is 60.9 cm³/mol. The second-order valence-electron chi connectivity index (χ2n) is 3.99. The van der Waals surface area contributed by atoms with Gasteiger partial charge in [0.15, 0.2) is 0 Å². The maximum atomic E-state index is 11.8. The average Bonchev–Trinajstić information content (AvgIpc) is 2.27. The van der Waals surface area contributed by atoms with Crippen molar-refractivity contribution in [1.29, 1.82) is 5.26 Å². The van der Waals surface area contributed by atoms with E-state index in [2.05, 4.69) is 0 Å². The van der Waals surface area contributed by atoms with Crippen molar-refractivity contribution in [1.82, 2.24) is 4.90 Å². The lowest BCUT2D eigenvalue weighted by atomic mass is 10.0. The molecule has 0 fully saturated rings. The summed E-state index contributed by atoms with van der Waals surface area (Å²) in [6.07, 6.45) is 0.455. The van der Waals surface area contributed by atoms with E-state index in [-0.39, 0.29) is 31.1 Å². The molecule has 0 N–H and O–H groups in total. The Morgan fingerprint density at radius 1 is 1.50 bits per heavy atom. The maximum Gasteiger partial charge on any atom is 0.302 e. The van der Waals surface area contributed by atoms with Crippen LogP contribution in [0.25, 0.3) is 0 Å². The summed E-state index contributed by atoms with van der Waals surface area (Å²) >= 11 is 0. The van der Waals surface area contributed by atoms with E-state index in [0.29, 0.717) is 12.0 Å². The molecular formula is C12H14N2O4. The van der Waals surface area contributed by atoms with E-state index in [9.17, 15) is 14.4 Å². The molecule has 18 heavy (non-hydrogen) atoms. The third-order valence-electron chi connectivity index (χ3n) is 2.55. The van der Waals surface area contributed by atoms with Crippen LogP contribution in [-0.4, -0.2) is 35.8 Å². The van der Waals surface area contributed by atoms with Gasteiger partial charge in [0, 0.05) is 19.9 Å². The Morgan fingerprint density at radius 2 is 2.17 bits per heavy atom. The number of ether oxygens (including phenoxy) is 1. The van der Waals surface area contributed by atoms with Gasteiger partial charge in [0.05, 0.1) is 6.61 Å². The van der Waals surface area contributed by atoms with Crippen LogP contribution in [0.5, 0.6) is 0 Å². The van der Waals surface area contributed by atoms with Crippen molar-refractivity contribution >= 4 is 17.8 Å². The fourth-order valence-electron chi connectivity index (χ4n) is 1.65. The molecule has 6 heteroatoms. The van der Waals surface area contributed by atoms with E-state index in [1.54, 1.807) is 6.92 Å². The first-order valence-corrected chi connectivity index (χ1v) is 5.55. The SMILES string of the molecule is CC(=O)OCCCN1C(=O)CC(C)=C(C#N)C1=O. The van der Waals surface area contributed by atoms with Gasteiger partial charge in [-0.15, -0.1) is 0 Å². The number of imide groups is 1. The van der Waals surface area contributed by atoms with E-state index in [0.717, 1.165) is 4.90 Å². The molecule has 0 aliphatic carbocycles. The molecule has 1 heterocycles. The molecule has 6 nitrogen and oxygen atoms in total. The monoisotopic (exact) mass is 250 g/mol. The van der Waals surface area contributed by atoms with Crippen LogP contribution in [0, 0.1) is 11.3 Å². The van der Waals surface area contributed by atoms with E-state index >= 15 is 0 Å². The highest BCUT2D eigenvalue weighted by Crippen LogP contribution is 2.19. The zero-order valence-electron chi connectivity index (χ0n) is 10.4. The number of esters is 1. The highest BCUT2D eigenvalue weighted by molar-refractivity contribution is 6.10. The molecule has 1 aliphatic rings. The van der Waals surface area contributed by atoms with Crippen LogP contribution < -0.4 is 0 Å². The highest BCUT2D eigenvalue weighted by Gasteiger charge is 2.31. The smallest absolute Gasteiger partial charge is 0.302 e. The van der Waals surface area contributed by atoms with Crippen molar-refractivity contribution in [3.05, 3.63) is 11.1 Å². The molecule has 2 amide bonds. The first kappa shape index (κ1) is 13.9. The largest absolute Gasteiger partial charge is 0.466 e. The summed E-state index contributed by atoms with van der Waals surface area (Å²) in [5, 5.41) is 8.84. The lowest BCUT2D eigenvalue weighted by Gasteiger charge is -2.25. The van der Waals surface area contributed by atoms with Crippen molar-refractivity contribution in [2.45, 2.75) is 26.7 Å². The fraction of sp³-hybridized carbons (Fsp3) is 0.500. The minimum absolute atomic E-state index is 0.0297. The molecule has 96 valence electrons. The first-order chi connectivity index (χ1) is 8.47. The van der Waals surface area contributed by atoms with E-state index < -0.39 is 11.9 Å². The lowest BCUT2D eigenvalue weighted by Crippen LogP contribution is -2.42. The number of nitrogens with zero attached hydrogens (tertiary/aromatic N) is 2. The third-order valence-corrected chi connectivity index (χ3v) is 2.55. The molecule has 0 saturated carbocycles. The fourth-order valence-corrected chi connectivity index (χ4v) is 1.65. The molecule has 0 saturated heterocycles. The Hall–Kier alpha value is -2.16. The van der Waals surface area contributed by atoms with Crippen LogP contribution in [0.3, 0.4) is 0 Å². The maximum absolute atomic E-state index is 11.8. The lowest BCUT2D eigenvalue weighted by molar-refractivity contribution is -0.143. The Balaban J connectivity index is 2.62. The summed E-state index contributed by atoms with van der Waals surface area (Å²) in [7, 11) is 0. The van der Waals surface area contributed by atoms with Gasteiger partial charge in [-0.05, 0) is 18.9 Å². The van der Waals surface area contributed by atoms with Gasteiger partial charge in [0.2, 0.25) is 5.91 Å². The van der Waals surface area contributed by atoms with Gasteiger partial charge in [-0.1, -0.05) is 0 Å². The summed E-state index contributed by atoms with van der Waals surface area (Å²) in [5.41, 5.74) is 0.533. The zero-order chi connectivity index (χ0) is 13.7. The van der Waals surface area contributed by atoms with Crippen molar-refractivity contribution < 1.29 is 19.1 Å². The van der Waals surface area contributed by atoms with Crippen LogP contribution in [0.15, 0.2) is 11.1 Å². The van der Waals surface area contributed by atoms with Gasteiger partial charge < -0.3 is 4.74 Å². The number of carbonyl (C=O) groups is 3. The summed E-state index contributed by atoms with van der Waals surface area (Å²) < 4.78 is 4.71. The minimum Gasteiger partial charge on any atom is -0.466 e. The molecule has 0 aromatic rings. The number of rotatable bonds is 4. The second kappa shape index (κ2) is 5.96. The molecule has 1 rings (SSSR count). The summed E-state index contributed by atoms with van der Waals surface area (Å²) in [6, 6.07) is 1.81. The Labute approximate surface area is 105 Å². The number of carbonyl (C=O) groups excluding carboxylic acids is 3. The van der Waals surface area contributed by atoms with Gasteiger partial charge in [-0.2, -0.15) is 5.26 Å². The Kier molecular flexibility index (Phi) is 4.60. The van der Waals surface area contributed by atoms with Crippen molar-refractivity contribution in [3.8, 4) is 6.07 Å². The molecule has 0 atom stereocenters. The molecular weight excluding hydrogens is 236 g/mol. The molecule has 0 bridgehead atoms. The second-order valence-corrected chi connectivity index (χ2v) is 3.99.